The molecule has 1 atom stereocenters. The number of carbonyl (C=O) groups excluding carboxylic acids is 1. The number of amides is 1. The topological polar surface area (TPSA) is 23.6 Å². The quantitative estimate of drug-likeness (QED) is 0.837. The molecule has 19 heavy (non-hydrogen) atoms. The summed E-state index contributed by atoms with van der Waals surface area (Å²) in [6.45, 7) is 1.01. The number of hydrogen-bond donors (Lipinski definition) is 0. The van der Waals surface area contributed by atoms with Crippen LogP contribution in [0.15, 0.2) is 18.2 Å². The molecule has 1 saturated heterocycles. The van der Waals surface area contributed by atoms with E-state index in [0.29, 0.717) is 5.56 Å². The maximum atomic E-state index is 13.6. The first kappa shape index (κ1) is 13.9. The molecule has 1 aliphatic rings. The lowest BCUT2D eigenvalue weighted by atomic mass is 10.1. The molecular weight excluding hydrogens is 250 g/mol. The second-order valence-corrected chi connectivity index (χ2v) is 5.07. The van der Waals surface area contributed by atoms with Gasteiger partial charge in [-0.1, -0.05) is 12.1 Å². The van der Waals surface area contributed by atoms with Gasteiger partial charge in [0.15, 0.2) is 11.6 Å². The van der Waals surface area contributed by atoms with Crippen molar-refractivity contribution in [3.63, 3.8) is 0 Å². The molecule has 104 valence electrons. The number of likely N-dealkylation sites (tertiary alicyclic amines) is 1. The third kappa shape index (κ3) is 2.92. The van der Waals surface area contributed by atoms with Crippen molar-refractivity contribution in [3.8, 4) is 0 Å². The van der Waals surface area contributed by atoms with Gasteiger partial charge in [-0.25, -0.2) is 8.78 Å². The minimum absolute atomic E-state index is 0.0225. The summed E-state index contributed by atoms with van der Waals surface area (Å²) in [4.78, 5) is 15.5. The smallest absolute Gasteiger partial charge is 0.239 e. The van der Waals surface area contributed by atoms with Crippen LogP contribution in [-0.4, -0.2) is 42.4 Å². The average Bonchev–Trinajstić information content (AvgIpc) is 2.82. The Morgan fingerprint density at radius 1 is 1.42 bits per heavy atom. The van der Waals surface area contributed by atoms with E-state index in [1.165, 1.54) is 6.07 Å². The van der Waals surface area contributed by atoms with E-state index in [2.05, 4.69) is 0 Å². The van der Waals surface area contributed by atoms with Crippen LogP contribution in [0.5, 0.6) is 0 Å². The van der Waals surface area contributed by atoms with Crippen LogP contribution >= 0.6 is 0 Å². The SMILES string of the molecule is CN(C)C(=O)C1CCCN1Cc1cccc(F)c1F. The van der Waals surface area contributed by atoms with E-state index >= 15 is 0 Å². The summed E-state index contributed by atoms with van der Waals surface area (Å²) in [5.41, 5.74) is 0.304. The van der Waals surface area contributed by atoms with E-state index in [4.69, 9.17) is 0 Å². The van der Waals surface area contributed by atoms with Gasteiger partial charge in [0, 0.05) is 26.2 Å². The molecule has 3 nitrogen and oxygen atoms in total. The Bertz CT molecular complexity index is 477. The van der Waals surface area contributed by atoms with Gasteiger partial charge in [0.25, 0.3) is 0 Å². The molecule has 0 bridgehead atoms. The van der Waals surface area contributed by atoms with Gasteiger partial charge < -0.3 is 4.90 Å². The van der Waals surface area contributed by atoms with E-state index in [1.807, 2.05) is 4.90 Å². The maximum absolute atomic E-state index is 13.6. The van der Waals surface area contributed by atoms with Gasteiger partial charge in [0.2, 0.25) is 5.91 Å². The van der Waals surface area contributed by atoms with Crippen LogP contribution in [0, 0.1) is 11.6 Å². The number of likely N-dealkylation sites (N-methyl/N-ethyl adjacent to an activating group) is 1. The van der Waals surface area contributed by atoms with Crippen molar-refractivity contribution in [2.45, 2.75) is 25.4 Å². The van der Waals surface area contributed by atoms with Crippen LogP contribution in [0.25, 0.3) is 0 Å². The fourth-order valence-electron chi connectivity index (χ4n) is 2.48. The molecule has 5 heteroatoms. The van der Waals surface area contributed by atoms with Gasteiger partial charge in [-0.2, -0.15) is 0 Å². The Morgan fingerprint density at radius 3 is 2.84 bits per heavy atom. The molecular formula is C14H18F2N2O. The van der Waals surface area contributed by atoms with Crippen LogP contribution in [0.2, 0.25) is 0 Å². The molecule has 0 aliphatic carbocycles. The first-order chi connectivity index (χ1) is 9.00. The number of hydrogen-bond acceptors (Lipinski definition) is 2. The van der Waals surface area contributed by atoms with Crippen LogP contribution in [0.1, 0.15) is 18.4 Å². The van der Waals surface area contributed by atoms with Crippen molar-refractivity contribution < 1.29 is 13.6 Å². The first-order valence-corrected chi connectivity index (χ1v) is 6.39. The fraction of sp³-hybridized carbons (Fsp3) is 0.500. The number of rotatable bonds is 3. The summed E-state index contributed by atoms with van der Waals surface area (Å²) < 4.78 is 26.8. The summed E-state index contributed by atoms with van der Waals surface area (Å²) in [6.07, 6.45) is 1.68. The standard InChI is InChI=1S/C14H18F2N2O/c1-17(2)14(19)12-7-4-8-18(12)9-10-5-3-6-11(15)13(10)16/h3,5-6,12H,4,7-9H2,1-2H3. The Kier molecular flexibility index (Phi) is 4.14. The normalized spacial score (nSPS) is 19.7. The van der Waals surface area contributed by atoms with Crippen LogP contribution in [0.3, 0.4) is 0 Å². The molecule has 0 radical (unpaired) electrons. The largest absolute Gasteiger partial charge is 0.347 e. The van der Waals surface area contributed by atoms with Gasteiger partial charge in [0.1, 0.15) is 0 Å². The van der Waals surface area contributed by atoms with E-state index in [1.54, 1.807) is 25.1 Å². The Balaban J connectivity index is 2.14. The summed E-state index contributed by atoms with van der Waals surface area (Å²) in [5.74, 6) is -1.63. The fourth-order valence-corrected chi connectivity index (χ4v) is 2.48. The summed E-state index contributed by atoms with van der Waals surface area (Å²) in [5, 5.41) is 0. The second kappa shape index (κ2) is 5.65. The molecule has 1 fully saturated rings. The second-order valence-electron chi connectivity index (χ2n) is 5.07. The van der Waals surface area contributed by atoms with Gasteiger partial charge in [-0.3, -0.25) is 9.69 Å². The zero-order valence-electron chi connectivity index (χ0n) is 11.2. The zero-order chi connectivity index (χ0) is 14.0. The van der Waals surface area contributed by atoms with Crippen molar-refractivity contribution in [1.82, 2.24) is 9.80 Å². The monoisotopic (exact) mass is 268 g/mol. The van der Waals surface area contributed by atoms with Gasteiger partial charge in [-0.15, -0.1) is 0 Å². The van der Waals surface area contributed by atoms with Crippen molar-refractivity contribution >= 4 is 5.91 Å². The number of nitrogens with zero attached hydrogens (tertiary/aromatic N) is 2. The number of carbonyl (C=O) groups is 1. The van der Waals surface area contributed by atoms with E-state index in [-0.39, 0.29) is 18.5 Å². The molecule has 1 aromatic carbocycles. The maximum Gasteiger partial charge on any atom is 0.239 e. The zero-order valence-corrected chi connectivity index (χ0v) is 11.2. The van der Waals surface area contributed by atoms with Gasteiger partial charge in [0.05, 0.1) is 6.04 Å². The van der Waals surface area contributed by atoms with Crippen molar-refractivity contribution in [2.24, 2.45) is 0 Å². The highest BCUT2D eigenvalue weighted by Gasteiger charge is 2.32. The van der Waals surface area contributed by atoms with E-state index in [0.717, 1.165) is 25.5 Å². The molecule has 1 amide bonds. The highest BCUT2D eigenvalue weighted by molar-refractivity contribution is 5.81. The van der Waals surface area contributed by atoms with Crippen LogP contribution in [0.4, 0.5) is 8.78 Å². The molecule has 1 heterocycles. The van der Waals surface area contributed by atoms with Gasteiger partial charge >= 0.3 is 0 Å². The van der Waals surface area contributed by atoms with Crippen LogP contribution in [-0.2, 0) is 11.3 Å². The molecule has 1 unspecified atom stereocenters. The van der Waals surface area contributed by atoms with E-state index in [9.17, 15) is 13.6 Å². The lowest BCUT2D eigenvalue weighted by molar-refractivity contribution is -0.133. The highest BCUT2D eigenvalue weighted by Crippen LogP contribution is 2.23. The predicted octanol–water partition coefficient (Wildman–Crippen LogP) is 2.02. The Hall–Kier alpha value is -1.49. The van der Waals surface area contributed by atoms with Crippen molar-refractivity contribution in [1.29, 1.82) is 0 Å². The molecule has 0 N–H and O–H groups in total. The number of benzene rings is 1. The molecule has 1 aliphatic heterocycles. The summed E-state index contributed by atoms with van der Waals surface area (Å²) >= 11 is 0. The Labute approximate surface area is 111 Å². The van der Waals surface area contributed by atoms with Crippen molar-refractivity contribution in [3.05, 3.63) is 35.4 Å². The van der Waals surface area contributed by atoms with Crippen molar-refractivity contribution in [2.75, 3.05) is 20.6 Å². The number of halogens is 2. The minimum atomic E-state index is -0.841. The third-order valence-electron chi connectivity index (χ3n) is 3.49. The first-order valence-electron chi connectivity index (χ1n) is 6.39. The van der Waals surface area contributed by atoms with Crippen LogP contribution < -0.4 is 0 Å². The Morgan fingerprint density at radius 2 is 2.16 bits per heavy atom. The molecule has 2 rings (SSSR count). The highest BCUT2D eigenvalue weighted by atomic mass is 19.2. The third-order valence-corrected chi connectivity index (χ3v) is 3.49. The minimum Gasteiger partial charge on any atom is -0.347 e. The average molecular weight is 268 g/mol. The summed E-state index contributed by atoms with van der Waals surface area (Å²) in [7, 11) is 3.42. The lowest BCUT2D eigenvalue weighted by Crippen LogP contribution is -2.42. The summed E-state index contributed by atoms with van der Waals surface area (Å²) in [6, 6.07) is 3.93. The van der Waals surface area contributed by atoms with E-state index < -0.39 is 11.6 Å². The molecule has 0 aromatic heterocycles. The van der Waals surface area contributed by atoms with Gasteiger partial charge in [-0.05, 0) is 25.5 Å². The molecule has 1 aromatic rings. The molecule has 0 saturated carbocycles. The lowest BCUT2D eigenvalue weighted by Gasteiger charge is -2.26. The molecule has 0 spiro atoms. The predicted molar refractivity (Wildman–Crippen MR) is 68.5 cm³/mol.